The van der Waals surface area contributed by atoms with Crippen LogP contribution in [0.3, 0.4) is 0 Å². The van der Waals surface area contributed by atoms with Gasteiger partial charge in [0.25, 0.3) is 0 Å². The average molecular weight is 235 g/mol. The first-order valence-corrected chi connectivity index (χ1v) is 5.76. The Morgan fingerprint density at radius 3 is 3.06 bits per heavy atom. The van der Waals surface area contributed by atoms with Crippen LogP contribution >= 0.6 is 11.8 Å². The molecule has 0 aliphatic rings. The average Bonchev–Trinajstić information content (AvgIpc) is 2.67. The summed E-state index contributed by atoms with van der Waals surface area (Å²) in [5, 5.41) is 11.7. The lowest BCUT2D eigenvalue weighted by Gasteiger charge is -2.04. The third-order valence-electron chi connectivity index (χ3n) is 1.98. The summed E-state index contributed by atoms with van der Waals surface area (Å²) in [4.78, 5) is 8.57. The Balaban J connectivity index is 2.20. The molecular weight excluding hydrogens is 222 g/mol. The fourth-order valence-electron chi connectivity index (χ4n) is 1.30. The van der Waals surface area contributed by atoms with Crippen LogP contribution in [-0.4, -0.2) is 27.2 Å². The van der Waals surface area contributed by atoms with Gasteiger partial charge in [0.1, 0.15) is 10.9 Å². The summed E-state index contributed by atoms with van der Waals surface area (Å²) in [5.41, 5.74) is 1.15. The molecule has 0 saturated carbocycles. The number of aromatic amines is 1. The van der Waals surface area contributed by atoms with Gasteiger partial charge in [0.05, 0.1) is 0 Å². The van der Waals surface area contributed by atoms with E-state index >= 15 is 0 Å². The predicted octanol–water partition coefficient (Wildman–Crippen LogP) is 1.38. The van der Waals surface area contributed by atoms with E-state index in [1.807, 2.05) is 26.1 Å². The minimum absolute atomic E-state index is 0.702. The van der Waals surface area contributed by atoms with Crippen molar-refractivity contribution in [2.75, 3.05) is 7.05 Å². The highest BCUT2D eigenvalue weighted by atomic mass is 32.2. The molecule has 0 atom stereocenters. The molecule has 16 heavy (non-hydrogen) atoms. The summed E-state index contributed by atoms with van der Waals surface area (Å²) < 4.78 is 0. The van der Waals surface area contributed by atoms with Crippen molar-refractivity contribution in [3.8, 4) is 0 Å². The van der Waals surface area contributed by atoms with E-state index < -0.39 is 0 Å². The topological polar surface area (TPSA) is 66.5 Å². The Labute approximate surface area is 98.1 Å². The fourth-order valence-corrected chi connectivity index (χ4v) is 2.13. The minimum atomic E-state index is 0.702. The van der Waals surface area contributed by atoms with Crippen molar-refractivity contribution < 1.29 is 0 Å². The van der Waals surface area contributed by atoms with Crippen LogP contribution in [0.2, 0.25) is 0 Å². The Bertz CT molecular complexity index is 468. The molecule has 0 aliphatic heterocycles. The largest absolute Gasteiger partial charge is 0.316 e. The summed E-state index contributed by atoms with van der Waals surface area (Å²) in [6.45, 7) is 2.67. The summed E-state index contributed by atoms with van der Waals surface area (Å²) in [5.74, 6) is 0.814. The molecule has 0 aliphatic carbocycles. The number of nitrogens with one attached hydrogen (secondary N) is 2. The second-order valence-corrected chi connectivity index (χ2v) is 4.26. The molecular formula is C10H13N5S. The molecule has 0 amide bonds. The SMILES string of the molecule is CNCc1cccnc1Sc1n[nH]c(C)n1. The van der Waals surface area contributed by atoms with E-state index in [1.54, 1.807) is 6.20 Å². The van der Waals surface area contributed by atoms with Gasteiger partial charge in [-0.1, -0.05) is 6.07 Å². The molecule has 2 heterocycles. The molecule has 2 N–H and O–H groups in total. The van der Waals surface area contributed by atoms with E-state index in [9.17, 15) is 0 Å². The smallest absolute Gasteiger partial charge is 0.214 e. The summed E-state index contributed by atoms with van der Waals surface area (Å²) in [6, 6.07) is 3.98. The number of aromatic nitrogens is 4. The van der Waals surface area contributed by atoms with E-state index in [4.69, 9.17) is 0 Å². The molecule has 84 valence electrons. The molecule has 5 nitrogen and oxygen atoms in total. The first kappa shape index (κ1) is 11.1. The van der Waals surface area contributed by atoms with Crippen LogP contribution in [0.15, 0.2) is 28.5 Å². The summed E-state index contributed by atoms with van der Waals surface area (Å²) in [6.07, 6.45) is 1.78. The number of aryl methyl sites for hydroxylation is 1. The van der Waals surface area contributed by atoms with Crippen LogP contribution < -0.4 is 5.32 Å². The zero-order valence-corrected chi connectivity index (χ0v) is 10.0. The molecule has 2 rings (SSSR count). The lowest BCUT2D eigenvalue weighted by Crippen LogP contribution is -2.06. The Morgan fingerprint density at radius 1 is 1.50 bits per heavy atom. The standard InChI is InChI=1S/C10H13N5S/c1-7-13-10(15-14-7)16-9-8(6-11-2)4-3-5-12-9/h3-5,11H,6H2,1-2H3,(H,13,14,15). The zero-order chi connectivity index (χ0) is 11.4. The highest BCUT2D eigenvalue weighted by molar-refractivity contribution is 7.99. The van der Waals surface area contributed by atoms with E-state index in [-0.39, 0.29) is 0 Å². The van der Waals surface area contributed by atoms with E-state index in [1.165, 1.54) is 11.8 Å². The molecule has 0 bridgehead atoms. The number of hydrogen-bond acceptors (Lipinski definition) is 5. The molecule has 6 heteroatoms. The van der Waals surface area contributed by atoms with Gasteiger partial charge in [0.15, 0.2) is 0 Å². The van der Waals surface area contributed by atoms with Crippen molar-refractivity contribution in [1.29, 1.82) is 0 Å². The Kier molecular flexibility index (Phi) is 3.53. The zero-order valence-electron chi connectivity index (χ0n) is 9.19. The number of rotatable bonds is 4. The van der Waals surface area contributed by atoms with Crippen LogP contribution in [0, 0.1) is 6.92 Å². The summed E-state index contributed by atoms with van der Waals surface area (Å²) in [7, 11) is 1.92. The first-order chi connectivity index (χ1) is 7.79. The van der Waals surface area contributed by atoms with Gasteiger partial charge in [-0.25, -0.2) is 9.97 Å². The highest BCUT2D eigenvalue weighted by Crippen LogP contribution is 2.25. The minimum Gasteiger partial charge on any atom is -0.316 e. The maximum atomic E-state index is 4.33. The van der Waals surface area contributed by atoms with Crippen LogP contribution in [0.5, 0.6) is 0 Å². The van der Waals surface area contributed by atoms with Gasteiger partial charge in [-0.15, -0.1) is 5.10 Å². The fraction of sp³-hybridized carbons (Fsp3) is 0.300. The van der Waals surface area contributed by atoms with Gasteiger partial charge in [-0.2, -0.15) is 0 Å². The molecule has 0 unspecified atom stereocenters. The van der Waals surface area contributed by atoms with Crippen LogP contribution in [0.4, 0.5) is 0 Å². The number of nitrogens with zero attached hydrogens (tertiary/aromatic N) is 3. The highest BCUT2D eigenvalue weighted by Gasteiger charge is 2.08. The predicted molar refractivity (Wildman–Crippen MR) is 62.2 cm³/mol. The van der Waals surface area contributed by atoms with E-state index in [0.29, 0.717) is 5.16 Å². The van der Waals surface area contributed by atoms with Crippen molar-refractivity contribution in [3.05, 3.63) is 29.7 Å². The van der Waals surface area contributed by atoms with Gasteiger partial charge in [0.2, 0.25) is 5.16 Å². The van der Waals surface area contributed by atoms with Crippen LogP contribution in [-0.2, 0) is 6.54 Å². The number of pyridine rings is 1. The van der Waals surface area contributed by atoms with Gasteiger partial charge in [-0.3, -0.25) is 5.10 Å². The van der Waals surface area contributed by atoms with Crippen LogP contribution in [0.25, 0.3) is 0 Å². The number of hydrogen-bond donors (Lipinski definition) is 2. The normalized spacial score (nSPS) is 10.6. The molecule has 2 aromatic rings. The lowest BCUT2D eigenvalue weighted by molar-refractivity contribution is 0.788. The maximum absolute atomic E-state index is 4.33. The molecule has 2 aromatic heterocycles. The molecule has 0 radical (unpaired) electrons. The van der Waals surface area contributed by atoms with Crippen molar-refractivity contribution in [2.24, 2.45) is 0 Å². The Hall–Kier alpha value is -1.40. The van der Waals surface area contributed by atoms with Gasteiger partial charge in [0, 0.05) is 12.7 Å². The second kappa shape index (κ2) is 5.09. The first-order valence-electron chi connectivity index (χ1n) is 4.95. The van der Waals surface area contributed by atoms with Gasteiger partial charge in [-0.05, 0) is 37.4 Å². The second-order valence-electron chi connectivity index (χ2n) is 3.30. The number of H-pyrrole nitrogens is 1. The van der Waals surface area contributed by atoms with E-state index in [2.05, 4.69) is 25.5 Å². The quantitative estimate of drug-likeness (QED) is 0.838. The van der Waals surface area contributed by atoms with Crippen molar-refractivity contribution in [3.63, 3.8) is 0 Å². The van der Waals surface area contributed by atoms with Gasteiger partial charge < -0.3 is 5.32 Å². The van der Waals surface area contributed by atoms with Crippen molar-refractivity contribution >= 4 is 11.8 Å². The molecule has 0 spiro atoms. The van der Waals surface area contributed by atoms with Gasteiger partial charge >= 0.3 is 0 Å². The van der Waals surface area contributed by atoms with Crippen molar-refractivity contribution in [2.45, 2.75) is 23.7 Å². The lowest BCUT2D eigenvalue weighted by atomic mass is 10.3. The Morgan fingerprint density at radius 2 is 2.38 bits per heavy atom. The van der Waals surface area contributed by atoms with Crippen molar-refractivity contribution in [1.82, 2.24) is 25.5 Å². The summed E-state index contributed by atoms with van der Waals surface area (Å²) >= 11 is 1.47. The molecule has 0 aromatic carbocycles. The third kappa shape index (κ3) is 2.59. The molecule has 0 saturated heterocycles. The third-order valence-corrected chi connectivity index (χ3v) is 2.91. The maximum Gasteiger partial charge on any atom is 0.214 e. The monoisotopic (exact) mass is 235 g/mol. The molecule has 0 fully saturated rings. The van der Waals surface area contributed by atoms with E-state index in [0.717, 1.165) is 23.0 Å². The van der Waals surface area contributed by atoms with Crippen LogP contribution in [0.1, 0.15) is 11.4 Å².